The highest BCUT2D eigenvalue weighted by Crippen LogP contribution is 2.79. The van der Waals surface area contributed by atoms with Gasteiger partial charge >= 0.3 is 0 Å². The fourth-order valence-electron chi connectivity index (χ4n) is 1.42. The Morgan fingerprint density at radius 2 is 2.00 bits per heavy atom. The molecule has 0 aromatic heterocycles. The summed E-state index contributed by atoms with van der Waals surface area (Å²) in [4.78, 5) is 0. The van der Waals surface area contributed by atoms with Gasteiger partial charge in [0.1, 0.15) is 4.59 Å². The summed E-state index contributed by atoms with van der Waals surface area (Å²) in [6, 6.07) is 10.7. The molecule has 1 heterocycles. The monoisotopic (exact) mass is 275 g/mol. The van der Waals surface area contributed by atoms with Crippen LogP contribution in [0.2, 0.25) is 0 Å². The van der Waals surface area contributed by atoms with Gasteiger partial charge in [-0.15, -0.1) is 0 Å². The van der Waals surface area contributed by atoms with Crippen molar-refractivity contribution in [3.8, 4) is 0 Å². The van der Waals surface area contributed by atoms with Crippen LogP contribution in [0, 0.1) is 0 Å². The van der Waals surface area contributed by atoms with E-state index in [1.807, 2.05) is 22.8 Å². The summed E-state index contributed by atoms with van der Waals surface area (Å²) in [5, 5.41) is 0.587. The summed E-state index contributed by atoms with van der Waals surface area (Å²) in [6.07, 6.45) is 0. The second kappa shape index (κ2) is 4.80. The van der Waals surface area contributed by atoms with Gasteiger partial charge in [-0.25, -0.2) is 0 Å². The van der Waals surface area contributed by atoms with E-state index in [0.29, 0.717) is 5.25 Å². The van der Waals surface area contributed by atoms with Crippen molar-refractivity contribution in [1.82, 2.24) is 4.67 Å². The Kier molecular flexibility index (Phi) is 3.84. The van der Waals surface area contributed by atoms with Crippen LogP contribution in [-0.4, -0.2) is 24.5 Å². The molecule has 0 spiro atoms. The zero-order valence-corrected chi connectivity index (χ0v) is 12.1. The molecular weight excluding hydrogens is 261 g/mol. The van der Waals surface area contributed by atoms with E-state index in [1.54, 1.807) is 0 Å². The van der Waals surface area contributed by atoms with Crippen molar-refractivity contribution in [1.29, 1.82) is 0 Å². The Hall–Kier alpha value is 0.530. The van der Waals surface area contributed by atoms with Crippen LogP contribution < -0.4 is 0 Å². The third-order valence-electron chi connectivity index (χ3n) is 2.31. The first kappa shape index (κ1) is 12.0. The van der Waals surface area contributed by atoms with E-state index in [9.17, 15) is 0 Å². The van der Waals surface area contributed by atoms with Crippen LogP contribution in [0.5, 0.6) is 0 Å². The van der Waals surface area contributed by atoms with Gasteiger partial charge in [0.25, 0.3) is 0 Å². The molecule has 0 bridgehead atoms. The average molecular weight is 275 g/mol. The van der Waals surface area contributed by atoms with E-state index in [0.717, 1.165) is 5.75 Å². The SMILES string of the molecule is CN(C)[P@@]1(=S)SC[C@H](c2ccccc2)S1. The van der Waals surface area contributed by atoms with Gasteiger partial charge in [0.15, 0.2) is 0 Å². The first-order valence-electron chi connectivity index (χ1n) is 4.77. The highest BCUT2D eigenvalue weighted by molar-refractivity contribution is 9.01. The molecule has 5 heteroatoms. The summed E-state index contributed by atoms with van der Waals surface area (Å²) in [6.45, 7) is 0. The van der Waals surface area contributed by atoms with Gasteiger partial charge in [0, 0.05) is 11.0 Å². The lowest BCUT2D eigenvalue weighted by Crippen LogP contribution is -2.01. The average Bonchev–Trinajstić information content (AvgIpc) is 2.64. The lowest BCUT2D eigenvalue weighted by Gasteiger charge is -2.22. The van der Waals surface area contributed by atoms with Crippen LogP contribution in [-0.2, 0) is 11.8 Å². The fraction of sp³-hybridized carbons (Fsp3) is 0.400. The topological polar surface area (TPSA) is 3.24 Å². The predicted octanol–water partition coefficient (Wildman–Crippen LogP) is 3.99. The maximum Gasteiger partial charge on any atom is 0.120 e. The zero-order valence-electron chi connectivity index (χ0n) is 8.79. The smallest absolute Gasteiger partial charge is 0.120 e. The molecular formula is C10H14NPS3. The van der Waals surface area contributed by atoms with Gasteiger partial charge in [0.2, 0.25) is 0 Å². The van der Waals surface area contributed by atoms with Crippen LogP contribution >= 0.6 is 27.4 Å². The van der Waals surface area contributed by atoms with Gasteiger partial charge in [-0.05, 0) is 19.7 Å². The standard InChI is InChI=1S/C10H14NPS3/c1-11(2)12(13)14-8-10(15-12)9-6-4-3-5-7-9/h3-7,10H,8H2,1-2H3/t10-,12-/m1/s1. The van der Waals surface area contributed by atoms with E-state index >= 15 is 0 Å². The van der Waals surface area contributed by atoms with Gasteiger partial charge < -0.3 is 0 Å². The first-order valence-corrected chi connectivity index (χ1v) is 10.6. The molecule has 1 nitrogen and oxygen atoms in total. The predicted molar refractivity (Wildman–Crippen MR) is 77.2 cm³/mol. The Morgan fingerprint density at radius 1 is 1.33 bits per heavy atom. The van der Waals surface area contributed by atoms with E-state index in [1.165, 1.54) is 5.56 Å². The molecule has 1 fully saturated rings. The second-order valence-corrected chi connectivity index (χ2v) is 15.0. The number of rotatable bonds is 2. The highest BCUT2D eigenvalue weighted by Gasteiger charge is 2.34. The number of hydrogen-bond acceptors (Lipinski definition) is 3. The molecule has 1 aliphatic heterocycles. The summed E-state index contributed by atoms with van der Waals surface area (Å²) in [7, 11) is 4.21. The molecule has 2 atom stereocenters. The van der Waals surface area contributed by atoms with Gasteiger partial charge in [-0.1, -0.05) is 64.9 Å². The lowest BCUT2D eigenvalue weighted by atomic mass is 10.2. The van der Waals surface area contributed by atoms with Crippen molar-refractivity contribution in [2.75, 3.05) is 19.8 Å². The van der Waals surface area contributed by atoms with Crippen molar-refractivity contribution in [2.45, 2.75) is 5.25 Å². The molecule has 0 aliphatic carbocycles. The summed E-state index contributed by atoms with van der Waals surface area (Å²) >= 11 is 9.69. The van der Waals surface area contributed by atoms with E-state index in [4.69, 9.17) is 11.8 Å². The number of nitrogens with zero attached hydrogens (tertiary/aromatic N) is 1. The summed E-state index contributed by atoms with van der Waals surface area (Å²) in [5.41, 5.74) is 1.42. The Morgan fingerprint density at radius 3 is 2.53 bits per heavy atom. The minimum atomic E-state index is -1.36. The van der Waals surface area contributed by atoms with E-state index in [2.05, 4.69) is 49.1 Å². The van der Waals surface area contributed by atoms with Crippen LogP contribution in [0.3, 0.4) is 0 Å². The molecule has 15 heavy (non-hydrogen) atoms. The minimum Gasteiger partial charge on any atom is -0.265 e. The first-order chi connectivity index (χ1) is 7.12. The number of hydrogen-bond donors (Lipinski definition) is 0. The molecule has 0 unspecified atom stereocenters. The van der Waals surface area contributed by atoms with Crippen molar-refractivity contribution < 1.29 is 0 Å². The Labute approximate surface area is 105 Å². The van der Waals surface area contributed by atoms with Crippen molar-refractivity contribution >= 4 is 39.2 Å². The van der Waals surface area contributed by atoms with Crippen molar-refractivity contribution in [3.63, 3.8) is 0 Å². The third kappa shape index (κ3) is 2.62. The number of benzene rings is 1. The van der Waals surface area contributed by atoms with Crippen molar-refractivity contribution in [3.05, 3.63) is 35.9 Å². The molecule has 0 radical (unpaired) electrons. The molecule has 1 aliphatic rings. The highest BCUT2D eigenvalue weighted by atomic mass is 33.2. The molecule has 0 amide bonds. The van der Waals surface area contributed by atoms with Gasteiger partial charge in [0.05, 0.1) is 0 Å². The van der Waals surface area contributed by atoms with Crippen LogP contribution in [0.4, 0.5) is 0 Å². The van der Waals surface area contributed by atoms with Crippen LogP contribution in [0.25, 0.3) is 0 Å². The normalized spacial score (nSPS) is 31.0. The Bertz CT molecular complexity index is 380. The molecule has 2 rings (SSSR count). The second-order valence-electron chi connectivity index (χ2n) is 3.62. The van der Waals surface area contributed by atoms with Gasteiger partial charge in [-0.3, -0.25) is 4.67 Å². The lowest BCUT2D eigenvalue weighted by molar-refractivity contribution is 0.696. The minimum absolute atomic E-state index is 0.587. The maximum atomic E-state index is 5.73. The van der Waals surface area contributed by atoms with Gasteiger partial charge in [-0.2, -0.15) is 0 Å². The Balaban J connectivity index is 2.15. The summed E-state index contributed by atoms with van der Waals surface area (Å²) in [5.74, 6) is 1.16. The molecule has 0 saturated carbocycles. The third-order valence-corrected chi connectivity index (χ3v) is 14.6. The molecule has 1 saturated heterocycles. The van der Waals surface area contributed by atoms with Crippen molar-refractivity contribution in [2.24, 2.45) is 0 Å². The molecule has 82 valence electrons. The summed E-state index contributed by atoms with van der Waals surface area (Å²) < 4.78 is 0.873. The largest absolute Gasteiger partial charge is 0.265 e. The van der Waals surface area contributed by atoms with Crippen LogP contribution in [0.1, 0.15) is 10.8 Å². The van der Waals surface area contributed by atoms with E-state index < -0.39 is 4.59 Å². The molecule has 1 aromatic carbocycles. The van der Waals surface area contributed by atoms with Crippen LogP contribution in [0.15, 0.2) is 30.3 Å². The zero-order chi connectivity index (χ0) is 10.9. The molecule has 0 N–H and O–H groups in total. The fourth-order valence-corrected chi connectivity index (χ4v) is 11.6. The quantitative estimate of drug-likeness (QED) is 0.750. The van der Waals surface area contributed by atoms with E-state index in [-0.39, 0.29) is 0 Å². The maximum absolute atomic E-state index is 5.73. The molecule has 1 aromatic rings.